The Morgan fingerprint density at radius 1 is 1.28 bits per heavy atom. The third kappa shape index (κ3) is 4.46. The first-order chi connectivity index (χ1) is 8.56. The van der Waals surface area contributed by atoms with Crippen LogP contribution in [0.5, 0.6) is 0 Å². The minimum Gasteiger partial charge on any atom is -0.377 e. The topological polar surface area (TPSA) is 85.1 Å². The molecule has 0 aliphatic carbocycles. The van der Waals surface area contributed by atoms with Crippen molar-refractivity contribution < 1.29 is 4.74 Å². The summed E-state index contributed by atoms with van der Waals surface area (Å²) in [6, 6.07) is 1.78. The molecule has 0 spiro atoms. The molecule has 0 aromatic carbocycles. The van der Waals surface area contributed by atoms with Crippen LogP contribution in [-0.4, -0.2) is 23.6 Å². The summed E-state index contributed by atoms with van der Waals surface area (Å²) in [5.74, 6) is 8.52. The fraction of sp³-hybridized carbons (Fsp3) is 0.667. The molecule has 6 heteroatoms. The first-order valence-electron chi connectivity index (χ1n) is 6.14. The van der Waals surface area contributed by atoms with Crippen LogP contribution in [0.25, 0.3) is 0 Å². The maximum absolute atomic E-state index is 5.38. The van der Waals surface area contributed by atoms with E-state index in [-0.39, 0.29) is 0 Å². The Labute approximate surface area is 108 Å². The molecule has 6 nitrogen and oxygen atoms in total. The van der Waals surface area contributed by atoms with Gasteiger partial charge in [-0.15, -0.1) is 0 Å². The standard InChI is InChI=1S/C12H23N5O/c1-8(2)9(3)6-14-10-5-11(17-13)16-12(15-10)7-18-4/h5,8-9H,6-7,13H2,1-4H3,(H2,14,15,16,17). The van der Waals surface area contributed by atoms with Crippen LogP contribution in [0.1, 0.15) is 26.6 Å². The van der Waals surface area contributed by atoms with Crippen molar-refractivity contribution in [3.63, 3.8) is 0 Å². The van der Waals surface area contributed by atoms with E-state index in [2.05, 4.69) is 41.5 Å². The largest absolute Gasteiger partial charge is 0.377 e. The fourth-order valence-corrected chi connectivity index (χ4v) is 1.36. The molecule has 102 valence electrons. The SMILES string of the molecule is COCc1nc(NN)cc(NCC(C)C(C)C)n1. The van der Waals surface area contributed by atoms with Gasteiger partial charge < -0.3 is 15.5 Å². The third-order valence-corrected chi connectivity index (χ3v) is 2.94. The molecule has 0 aliphatic heterocycles. The highest BCUT2D eigenvalue weighted by Gasteiger charge is 2.08. The number of ether oxygens (including phenoxy) is 1. The zero-order valence-corrected chi connectivity index (χ0v) is 11.5. The van der Waals surface area contributed by atoms with Gasteiger partial charge in [0.25, 0.3) is 0 Å². The zero-order valence-electron chi connectivity index (χ0n) is 11.5. The summed E-state index contributed by atoms with van der Waals surface area (Å²) < 4.78 is 5.02. The van der Waals surface area contributed by atoms with Crippen molar-refractivity contribution in [2.24, 2.45) is 17.7 Å². The van der Waals surface area contributed by atoms with E-state index in [9.17, 15) is 0 Å². The van der Waals surface area contributed by atoms with Crippen LogP contribution in [-0.2, 0) is 11.3 Å². The molecule has 18 heavy (non-hydrogen) atoms. The van der Waals surface area contributed by atoms with Gasteiger partial charge in [0.05, 0.1) is 0 Å². The number of methoxy groups -OCH3 is 1. The van der Waals surface area contributed by atoms with Crippen molar-refractivity contribution in [3.05, 3.63) is 11.9 Å². The van der Waals surface area contributed by atoms with Gasteiger partial charge in [-0.2, -0.15) is 0 Å². The Bertz CT molecular complexity index is 369. The Kier molecular flexibility index (Phi) is 5.80. The number of nitrogens with one attached hydrogen (secondary N) is 2. The smallest absolute Gasteiger partial charge is 0.158 e. The van der Waals surface area contributed by atoms with Gasteiger partial charge >= 0.3 is 0 Å². The first-order valence-corrected chi connectivity index (χ1v) is 6.14. The molecule has 1 unspecified atom stereocenters. The molecule has 1 aromatic heterocycles. The molecule has 0 saturated heterocycles. The molecule has 0 saturated carbocycles. The summed E-state index contributed by atoms with van der Waals surface area (Å²) in [7, 11) is 1.61. The molecule has 1 atom stereocenters. The lowest BCUT2D eigenvalue weighted by Gasteiger charge is -2.17. The molecule has 0 radical (unpaired) electrons. The normalized spacial score (nSPS) is 12.6. The van der Waals surface area contributed by atoms with E-state index in [1.54, 1.807) is 13.2 Å². The van der Waals surface area contributed by atoms with Crippen molar-refractivity contribution in [2.45, 2.75) is 27.4 Å². The van der Waals surface area contributed by atoms with Gasteiger partial charge in [0, 0.05) is 19.7 Å². The first kappa shape index (κ1) is 14.7. The second kappa shape index (κ2) is 7.13. The zero-order chi connectivity index (χ0) is 13.5. The molecule has 1 heterocycles. The van der Waals surface area contributed by atoms with Crippen molar-refractivity contribution in [1.29, 1.82) is 0 Å². The van der Waals surface area contributed by atoms with Gasteiger partial charge in [-0.1, -0.05) is 20.8 Å². The van der Waals surface area contributed by atoms with Crippen LogP contribution in [0.3, 0.4) is 0 Å². The third-order valence-electron chi connectivity index (χ3n) is 2.94. The Morgan fingerprint density at radius 2 is 1.94 bits per heavy atom. The Balaban J connectivity index is 2.71. The van der Waals surface area contributed by atoms with E-state index in [1.165, 1.54) is 0 Å². The van der Waals surface area contributed by atoms with Gasteiger partial charge in [0.1, 0.15) is 18.2 Å². The fourth-order valence-electron chi connectivity index (χ4n) is 1.36. The molecule has 1 rings (SSSR count). The molecule has 0 bridgehead atoms. The van der Waals surface area contributed by atoms with E-state index in [0.717, 1.165) is 12.4 Å². The van der Waals surface area contributed by atoms with Gasteiger partial charge in [-0.3, -0.25) is 0 Å². The quantitative estimate of drug-likeness (QED) is 0.505. The minimum absolute atomic E-state index is 0.365. The van der Waals surface area contributed by atoms with Gasteiger partial charge in [-0.25, -0.2) is 15.8 Å². The number of aromatic nitrogens is 2. The molecule has 4 N–H and O–H groups in total. The van der Waals surface area contributed by atoms with Crippen LogP contribution in [0, 0.1) is 11.8 Å². The highest BCUT2D eigenvalue weighted by atomic mass is 16.5. The van der Waals surface area contributed by atoms with Gasteiger partial charge in [0.2, 0.25) is 0 Å². The summed E-state index contributed by atoms with van der Waals surface area (Å²) in [5, 5.41) is 3.30. The predicted octanol–water partition coefficient (Wildman–Crippen LogP) is 1.61. The minimum atomic E-state index is 0.365. The maximum Gasteiger partial charge on any atom is 0.158 e. The van der Waals surface area contributed by atoms with Crippen molar-refractivity contribution in [3.8, 4) is 0 Å². The molecule has 0 amide bonds. The van der Waals surface area contributed by atoms with Crippen LogP contribution in [0.4, 0.5) is 11.6 Å². The van der Waals surface area contributed by atoms with Crippen molar-refractivity contribution >= 4 is 11.6 Å². The van der Waals surface area contributed by atoms with E-state index < -0.39 is 0 Å². The summed E-state index contributed by atoms with van der Waals surface area (Å²) in [4.78, 5) is 8.55. The Hall–Kier alpha value is -1.40. The van der Waals surface area contributed by atoms with E-state index in [4.69, 9.17) is 10.6 Å². The van der Waals surface area contributed by atoms with E-state index >= 15 is 0 Å². The predicted molar refractivity (Wildman–Crippen MR) is 73.0 cm³/mol. The molecule has 1 aromatic rings. The molecule has 0 fully saturated rings. The Morgan fingerprint density at radius 3 is 2.50 bits per heavy atom. The molecular formula is C12H23N5O. The molecule has 0 aliphatic rings. The lowest BCUT2D eigenvalue weighted by molar-refractivity contribution is 0.178. The van der Waals surface area contributed by atoms with Crippen LogP contribution >= 0.6 is 0 Å². The summed E-state index contributed by atoms with van der Waals surface area (Å²) in [6.45, 7) is 7.84. The number of hydrogen-bond acceptors (Lipinski definition) is 6. The van der Waals surface area contributed by atoms with E-state index in [1.807, 2.05) is 0 Å². The summed E-state index contributed by atoms with van der Waals surface area (Å²) >= 11 is 0. The summed E-state index contributed by atoms with van der Waals surface area (Å²) in [5.41, 5.74) is 2.53. The number of hydrazine groups is 1. The maximum atomic E-state index is 5.38. The number of anilines is 2. The number of rotatable bonds is 7. The number of hydrogen-bond donors (Lipinski definition) is 3. The van der Waals surface area contributed by atoms with E-state index in [0.29, 0.717) is 30.1 Å². The average Bonchev–Trinajstić information content (AvgIpc) is 2.35. The van der Waals surface area contributed by atoms with Crippen LogP contribution in [0.2, 0.25) is 0 Å². The second-order valence-corrected chi connectivity index (χ2v) is 4.73. The molecular weight excluding hydrogens is 230 g/mol. The van der Waals surface area contributed by atoms with Crippen molar-refractivity contribution in [2.75, 3.05) is 24.4 Å². The number of nitrogens with two attached hydrogens (primary N) is 1. The van der Waals surface area contributed by atoms with Crippen LogP contribution in [0.15, 0.2) is 6.07 Å². The highest BCUT2D eigenvalue weighted by molar-refractivity contribution is 5.46. The lowest BCUT2D eigenvalue weighted by Crippen LogP contribution is -2.18. The number of nitrogen functional groups attached to an aromatic ring is 1. The van der Waals surface area contributed by atoms with Gasteiger partial charge in [-0.05, 0) is 11.8 Å². The summed E-state index contributed by atoms with van der Waals surface area (Å²) in [6.07, 6.45) is 0. The highest BCUT2D eigenvalue weighted by Crippen LogP contribution is 2.14. The monoisotopic (exact) mass is 253 g/mol. The lowest BCUT2D eigenvalue weighted by atomic mass is 9.98. The average molecular weight is 253 g/mol. The number of nitrogens with zero attached hydrogens (tertiary/aromatic N) is 2. The van der Waals surface area contributed by atoms with Gasteiger partial charge in [0.15, 0.2) is 5.82 Å². The van der Waals surface area contributed by atoms with Crippen LogP contribution < -0.4 is 16.6 Å². The van der Waals surface area contributed by atoms with Crippen molar-refractivity contribution in [1.82, 2.24) is 9.97 Å². The second-order valence-electron chi connectivity index (χ2n) is 4.73.